The molecule has 0 bridgehead atoms. The Balaban J connectivity index is 1.35. The second-order valence-corrected chi connectivity index (χ2v) is 11.0. The summed E-state index contributed by atoms with van der Waals surface area (Å²) in [5.74, 6) is 0.725. The first-order chi connectivity index (χ1) is 16.4. The van der Waals surface area contributed by atoms with Gasteiger partial charge in [0.05, 0.1) is 9.77 Å². The Kier molecular flexibility index (Phi) is 7.50. The van der Waals surface area contributed by atoms with Crippen LogP contribution in [0.2, 0.25) is 0 Å². The third-order valence-corrected chi connectivity index (χ3v) is 8.59. The molecule has 3 aromatic rings. The van der Waals surface area contributed by atoms with E-state index in [2.05, 4.69) is 0 Å². The van der Waals surface area contributed by atoms with E-state index < -0.39 is 10.0 Å². The van der Waals surface area contributed by atoms with E-state index in [0.29, 0.717) is 24.6 Å². The van der Waals surface area contributed by atoms with E-state index in [0.717, 1.165) is 22.4 Å². The average molecular weight is 497 g/mol. The van der Waals surface area contributed by atoms with Crippen molar-refractivity contribution in [3.63, 3.8) is 0 Å². The van der Waals surface area contributed by atoms with Crippen molar-refractivity contribution in [3.05, 3.63) is 87.6 Å². The van der Waals surface area contributed by atoms with E-state index in [1.54, 1.807) is 29.2 Å². The molecule has 0 radical (unpaired) electrons. The SMILES string of the molecule is C/C=C/c1ccccc1OCc1csc(C(=O)N2CCN(S(=O)(=O)c3ccc(C)cc3)CC2)c1. The molecule has 0 saturated carbocycles. The van der Waals surface area contributed by atoms with Crippen LogP contribution in [0.25, 0.3) is 6.08 Å². The van der Waals surface area contributed by atoms with Gasteiger partial charge in [0.2, 0.25) is 10.0 Å². The number of thiophene rings is 1. The first kappa shape index (κ1) is 24.2. The van der Waals surface area contributed by atoms with E-state index >= 15 is 0 Å². The second-order valence-electron chi connectivity index (χ2n) is 8.16. The minimum atomic E-state index is -3.55. The van der Waals surface area contributed by atoms with E-state index in [9.17, 15) is 13.2 Å². The van der Waals surface area contributed by atoms with Gasteiger partial charge in [0.25, 0.3) is 5.91 Å². The maximum Gasteiger partial charge on any atom is 0.264 e. The van der Waals surface area contributed by atoms with Gasteiger partial charge in [-0.3, -0.25) is 4.79 Å². The number of aryl methyl sites for hydroxylation is 1. The molecule has 0 aliphatic carbocycles. The number of ether oxygens (including phenoxy) is 1. The molecule has 8 heteroatoms. The van der Waals surface area contributed by atoms with Crippen LogP contribution in [0.4, 0.5) is 0 Å². The van der Waals surface area contributed by atoms with Gasteiger partial charge in [-0.25, -0.2) is 8.42 Å². The number of piperazine rings is 1. The molecule has 1 saturated heterocycles. The van der Waals surface area contributed by atoms with Gasteiger partial charge in [-0.1, -0.05) is 48.0 Å². The lowest BCUT2D eigenvalue weighted by Gasteiger charge is -2.33. The molecule has 34 heavy (non-hydrogen) atoms. The molecule has 1 aliphatic heterocycles. The molecule has 1 aromatic heterocycles. The highest BCUT2D eigenvalue weighted by molar-refractivity contribution is 7.89. The van der Waals surface area contributed by atoms with Crippen LogP contribution in [-0.2, 0) is 16.6 Å². The van der Waals surface area contributed by atoms with Gasteiger partial charge in [0.15, 0.2) is 0 Å². The summed E-state index contributed by atoms with van der Waals surface area (Å²) in [5.41, 5.74) is 2.95. The molecule has 2 aromatic carbocycles. The van der Waals surface area contributed by atoms with Crippen LogP contribution in [0, 0.1) is 6.92 Å². The number of benzene rings is 2. The topological polar surface area (TPSA) is 66.9 Å². The Labute approximate surface area is 205 Å². The first-order valence-corrected chi connectivity index (χ1v) is 13.5. The van der Waals surface area contributed by atoms with Crippen LogP contribution in [0.15, 0.2) is 70.9 Å². The Bertz CT molecular complexity index is 1270. The summed E-state index contributed by atoms with van der Waals surface area (Å²) < 4.78 is 33.2. The zero-order valence-corrected chi connectivity index (χ0v) is 20.9. The van der Waals surface area contributed by atoms with Gasteiger partial charge in [-0.2, -0.15) is 4.31 Å². The Morgan fingerprint density at radius 2 is 1.76 bits per heavy atom. The fraction of sp³-hybridized carbons (Fsp3) is 0.269. The first-order valence-electron chi connectivity index (χ1n) is 11.2. The standard InChI is InChI=1S/C26H28N2O4S2/c1-3-6-22-7-4-5-8-24(22)32-18-21-17-25(33-19-21)26(29)27-13-15-28(16-14-27)34(30,31)23-11-9-20(2)10-12-23/h3-12,17,19H,13-16,18H2,1-2H3/b6-3+. The minimum Gasteiger partial charge on any atom is -0.488 e. The molecular weight excluding hydrogens is 468 g/mol. The zero-order chi connectivity index (χ0) is 24.1. The smallest absolute Gasteiger partial charge is 0.264 e. The number of allylic oxidation sites excluding steroid dienone is 1. The molecule has 4 rings (SSSR count). The third-order valence-electron chi connectivity index (χ3n) is 5.71. The van der Waals surface area contributed by atoms with Crippen molar-refractivity contribution in [1.82, 2.24) is 9.21 Å². The molecule has 0 spiro atoms. The van der Waals surface area contributed by atoms with Crippen molar-refractivity contribution >= 4 is 33.3 Å². The third kappa shape index (κ3) is 5.41. The number of para-hydroxylation sites is 1. The number of hydrogen-bond donors (Lipinski definition) is 0. The normalized spacial score (nSPS) is 15.1. The highest BCUT2D eigenvalue weighted by Gasteiger charge is 2.30. The summed E-state index contributed by atoms with van der Waals surface area (Å²) in [6.45, 7) is 5.56. The monoisotopic (exact) mass is 496 g/mol. The number of carbonyl (C=O) groups is 1. The van der Waals surface area contributed by atoms with Crippen molar-refractivity contribution in [3.8, 4) is 5.75 Å². The molecular formula is C26H28N2O4S2. The Morgan fingerprint density at radius 1 is 1.06 bits per heavy atom. The predicted molar refractivity (Wildman–Crippen MR) is 136 cm³/mol. The lowest BCUT2D eigenvalue weighted by atomic mass is 10.2. The quantitative estimate of drug-likeness (QED) is 0.471. The number of hydrogen-bond acceptors (Lipinski definition) is 5. The van der Waals surface area contributed by atoms with E-state index in [1.165, 1.54) is 15.6 Å². The van der Waals surface area contributed by atoms with Crippen LogP contribution >= 0.6 is 11.3 Å². The molecule has 1 aliphatic rings. The van der Waals surface area contributed by atoms with Crippen LogP contribution in [0.1, 0.15) is 33.3 Å². The van der Waals surface area contributed by atoms with Crippen molar-refractivity contribution in [2.45, 2.75) is 25.3 Å². The maximum absolute atomic E-state index is 13.0. The molecule has 2 heterocycles. The van der Waals surface area contributed by atoms with Gasteiger partial charge < -0.3 is 9.64 Å². The minimum absolute atomic E-state index is 0.0713. The molecule has 1 amide bonds. The van der Waals surface area contributed by atoms with Gasteiger partial charge in [-0.05, 0) is 43.5 Å². The number of carbonyl (C=O) groups excluding carboxylic acids is 1. The molecule has 0 atom stereocenters. The van der Waals surface area contributed by atoms with Crippen molar-refractivity contribution in [2.24, 2.45) is 0 Å². The highest BCUT2D eigenvalue weighted by Crippen LogP contribution is 2.24. The largest absolute Gasteiger partial charge is 0.488 e. The molecule has 6 nitrogen and oxygen atoms in total. The molecule has 178 valence electrons. The van der Waals surface area contributed by atoms with Gasteiger partial charge >= 0.3 is 0 Å². The summed E-state index contributed by atoms with van der Waals surface area (Å²) in [5, 5.41) is 1.93. The van der Waals surface area contributed by atoms with E-state index in [-0.39, 0.29) is 23.9 Å². The summed E-state index contributed by atoms with van der Waals surface area (Å²) in [6.07, 6.45) is 3.96. The highest BCUT2D eigenvalue weighted by atomic mass is 32.2. The average Bonchev–Trinajstić information content (AvgIpc) is 3.33. The fourth-order valence-corrected chi connectivity index (χ4v) is 6.09. The summed E-state index contributed by atoms with van der Waals surface area (Å²) in [7, 11) is -3.55. The van der Waals surface area contributed by atoms with Crippen LogP contribution in [0.5, 0.6) is 5.75 Å². The summed E-state index contributed by atoms with van der Waals surface area (Å²) >= 11 is 1.39. The predicted octanol–water partition coefficient (Wildman–Crippen LogP) is 4.82. The number of rotatable bonds is 7. The van der Waals surface area contributed by atoms with Gasteiger partial charge in [0, 0.05) is 37.3 Å². The fourth-order valence-electron chi connectivity index (χ4n) is 3.80. The molecule has 1 fully saturated rings. The lowest BCUT2D eigenvalue weighted by Crippen LogP contribution is -2.50. The summed E-state index contributed by atoms with van der Waals surface area (Å²) in [6, 6.07) is 16.5. The Hall–Kier alpha value is -2.94. The Morgan fingerprint density at radius 3 is 2.47 bits per heavy atom. The van der Waals surface area contributed by atoms with Crippen LogP contribution in [-0.4, -0.2) is 49.7 Å². The van der Waals surface area contributed by atoms with Gasteiger partial charge in [-0.15, -0.1) is 11.3 Å². The van der Waals surface area contributed by atoms with E-state index in [4.69, 9.17) is 4.74 Å². The van der Waals surface area contributed by atoms with Gasteiger partial charge in [0.1, 0.15) is 12.4 Å². The number of sulfonamides is 1. The molecule has 0 N–H and O–H groups in total. The lowest BCUT2D eigenvalue weighted by molar-refractivity contribution is 0.0702. The van der Waals surface area contributed by atoms with Crippen LogP contribution in [0.3, 0.4) is 0 Å². The van der Waals surface area contributed by atoms with Crippen molar-refractivity contribution in [2.75, 3.05) is 26.2 Å². The molecule has 0 unspecified atom stereocenters. The zero-order valence-electron chi connectivity index (χ0n) is 19.3. The van der Waals surface area contributed by atoms with Crippen molar-refractivity contribution < 1.29 is 17.9 Å². The summed E-state index contributed by atoms with van der Waals surface area (Å²) in [4.78, 5) is 15.7. The van der Waals surface area contributed by atoms with Crippen LogP contribution < -0.4 is 4.74 Å². The number of amides is 1. The number of nitrogens with zero attached hydrogens (tertiary/aromatic N) is 2. The van der Waals surface area contributed by atoms with E-state index in [1.807, 2.05) is 61.7 Å². The van der Waals surface area contributed by atoms with Crippen molar-refractivity contribution in [1.29, 1.82) is 0 Å². The maximum atomic E-state index is 13.0. The second kappa shape index (κ2) is 10.5.